The van der Waals surface area contributed by atoms with E-state index in [4.69, 9.17) is 0 Å². The van der Waals surface area contributed by atoms with E-state index in [0.717, 1.165) is 0 Å². The summed E-state index contributed by atoms with van der Waals surface area (Å²) in [5, 5.41) is 0. The van der Waals surface area contributed by atoms with Crippen LogP contribution in [0.1, 0.15) is 40.7 Å². The largest absolute Gasteiger partial charge is 0.395 e. The van der Waals surface area contributed by atoms with Crippen LogP contribution in [0.25, 0.3) is 0 Å². The van der Waals surface area contributed by atoms with E-state index >= 15 is 0 Å². The summed E-state index contributed by atoms with van der Waals surface area (Å²) >= 11 is 0. The van der Waals surface area contributed by atoms with Crippen LogP contribution in [0.2, 0.25) is 0 Å². The standard InChI is InChI=1S/C17H15F3O/c1-2-15(17(18,19)20)13-9-6-10-14(11-13)16(21)12-7-4-3-5-8-12/h3-11,15H,2H2,1H3. The molecule has 0 heterocycles. The van der Waals surface area contributed by atoms with Crippen molar-refractivity contribution in [1.29, 1.82) is 0 Å². The van der Waals surface area contributed by atoms with E-state index < -0.39 is 12.1 Å². The van der Waals surface area contributed by atoms with Gasteiger partial charge in [-0.2, -0.15) is 13.2 Å². The Hall–Kier alpha value is -2.10. The van der Waals surface area contributed by atoms with Gasteiger partial charge in [0.05, 0.1) is 5.92 Å². The van der Waals surface area contributed by atoms with Gasteiger partial charge in [-0.1, -0.05) is 55.5 Å². The van der Waals surface area contributed by atoms with Crippen LogP contribution < -0.4 is 0 Å². The fourth-order valence-electron chi connectivity index (χ4n) is 2.31. The highest BCUT2D eigenvalue weighted by Crippen LogP contribution is 2.37. The van der Waals surface area contributed by atoms with Crippen LogP contribution in [0.15, 0.2) is 54.6 Å². The van der Waals surface area contributed by atoms with Gasteiger partial charge in [0.25, 0.3) is 0 Å². The first-order chi connectivity index (χ1) is 9.93. The van der Waals surface area contributed by atoms with Crippen LogP contribution in [-0.2, 0) is 0 Å². The topological polar surface area (TPSA) is 17.1 Å². The molecule has 0 saturated heterocycles. The van der Waals surface area contributed by atoms with E-state index in [1.165, 1.54) is 25.1 Å². The normalized spacial score (nSPS) is 13.0. The van der Waals surface area contributed by atoms with Gasteiger partial charge in [-0.05, 0) is 18.1 Å². The third kappa shape index (κ3) is 3.51. The Bertz CT molecular complexity index is 617. The maximum Gasteiger partial charge on any atom is 0.395 e. The lowest BCUT2D eigenvalue weighted by Gasteiger charge is -2.19. The molecule has 0 fully saturated rings. The fourth-order valence-corrected chi connectivity index (χ4v) is 2.31. The molecule has 1 atom stereocenters. The molecule has 110 valence electrons. The highest BCUT2D eigenvalue weighted by molar-refractivity contribution is 6.09. The summed E-state index contributed by atoms with van der Waals surface area (Å²) in [5.41, 5.74) is 0.878. The summed E-state index contributed by atoms with van der Waals surface area (Å²) in [6.45, 7) is 1.49. The molecule has 2 rings (SSSR count). The van der Waals surface area contributed by atoms with Crippen molar-refractivity contribution in [3.63, 3.8) is 0 Å². The van der Waals surface area contributed by atoms with Gasteiger partial charge in [-0.25, -0.2) is 0 Å². The van der Waals surface area contributed by atoms with Gasteiger partial charge in [0, 0.05) is 11.1 Å². The number of rotatable bonds is 4. The molecule has 0 N–H and O–H groups in total. The highest BCUT2D eigenvalue weighted by atomic mass is 19.4. The minimum atomic E-state index is -4.30. The summed E-state index contributed by atoms with van der Waals surface area (Å²) in [4.78, 5) is 12.3. The van der Waals surface area contributed by atoms with Crippen molar-refractivity contribution < 1.29 is 18.0 Å². The number of carbonyl (C=O) groups is 1. The molecule has 0 aromatic heterocycles. The molecule has 2 aromatic rings. The van der Waals surface area contributed by atoms with Crippen LogP contribution in [0.5, 0.6) is 0 Å². The first-order valence-corrected chi connectivity index (χ1v) is 6.70. The molecule has 0 bridgehead atoms. The van der Waals surface area contributed by atoms with E-state index in [-0.39, 0.29) is 23.3 Å². The van der Waals surface area contributed by atoms with Gasteiger partial charge in [0.1, 0.15) is 0 Å². The number of carbonyl (C=O) groups excluding carboxylic acids is 1. The second-order valence-corrected chi connectivity index (χ2v) is 4.82. The summed E-state index contributed by atoms with van der Waals surface area (Å²) in [6.07, 6.45) is -4.35. The van der Waals surface area contributed by atoms with Crippen LogP contribution in [0.4, 0.5) is 13.2 Å². The van der Waals surface area contributed by atoms with Gasteiger partial charge in [-0.3, -0.25) is 4.79 Å². The Morgan fingerprint density at radius 3 is 2.19 bits per heavy atom. The van der Waals surface area contributed by atoms with Crippen LogP contribution in [0.3, 0.4) is 0 Å². The molecule has 0 amide bonds. The first-order valence-electron chi connectivity index (χ1n) is 6.70. The molecule has 0 saturated carbocycles. The Morgan fingerprint density at radius 2 is 1.62 bits per heavy atom. The molecule has 0 radical (unpaired) electrons. The maximum absolute atomic E-state index is 13.0. The number of hydrogen-bond donors (Lipinski definition) is 0. The SMILES string of the molecule is CCC(c1cccc(C(=O)c2ccccc2)c1)C(F)(F)F. The monoisotopic (exact) mass is 292 g/mol. The minimum absolute atomic E-state index is 0.0491. The van der Waals surface area contributed by atoms with Gasteiger partial charge >= 0.3 is 6.18 Å². The summed E-state index contributed by atoms with van der Waals surface area (Å²) in [6, 6.07) is 14.3. The number of benzene rings is 2. The molecule has 1 unspecified atom stereocenters. The molecule has 0 aliphatic rings. The summed E-state index contributed by atoms with van der Waals surface area (Å²) < 4.78 is 38.9. The lowest BCUT2D eigenvalue weighted by atomic mass is 9.92. The average molecular weight is 292 g/mol. The highest BCUT2D eigenvalue weighted by Gasteiger charge is 2.39. The predicted molar refractivity (Wildman–Crippen MR) is 75.4 cm³/mol. The van der Waals surface area contributed by atoms with Crippen molar-refractivity contribution in [2.24, 2.45) is 0 Å². The zero-order valence-corrected chi connectivity index (χ0v) is 11.5. The third-order valence-electron chi connectivity index (χ3n) is 3.39. The van der Waals surface area contributed by atoms with Crippen LogP contribution >= 0.6 is 0 Å². The van der Waals surface area contributed by atoms with Gasteiger partial charge < -0.3 is 0 Å². The average Bonchev–Trinajstić information content (AvgIpc) is 2.47. The predicted octanol–water partition coefficient (Wildman–Crippen LogP) is 4.97. The first kappa shape index (κ1) is 15.3. The van der Waals surface area contributed by atoms with E-state index in [9.17, 15) is 18.0 Å². The molecule has 21 heavy (non-hydrogen) atoms. The van der Waals surface area contributed by atoms with E-state index in [0.29, 0.717) is 5.56 Å². The Balaban J connectivity index is 2.36. The van der Waals surface area contributed by atoms with Gasteiger partial charge in [0.2, 0.25) is 0 Å². The molecule has 0 spiro atoms. The Kier molecular flexibility index (Phi) is 4.46. The number of alkyl halides is 3. The number of ketones is 1. The van der Waals surface area contributed by atoms with E-state index in [2.05, 4.69) is 0 Å². The fraction of sp³-hybridized carbons (Fsp3) is 0.235. The quantitative estimate of drug-likeness (QED) is 0.727. The van der Waals surface area contributed by atoms with Crippen molar-refractivity contribution in [1.82, 2.24) is 0 Å². The van der Waals surface area contributed by atoms with Crippen LogP contribution in [-0.4, -0.2) is 12.0 Å². The van der Waals surface area contributed by atoms with Crippen molar-refractivity contribution in [3.8, 4) is 0 Å². The Morgan fingerprint density at radius 1 is 1.00 bits per heavy atom. The summed E-state index contributed by atoms with van der Waals surface area (Å²) in [5.74, 6) is -1.81. The summed E-state index contributed by atoms with van der Waals surface area (Å²) in [7, 11) is 0. The second-order valence-electron chi connectivity index (χ2n) is 4.82. The lowest BCUT2D eigenvalue weighted by molar-refractivity contribution is -0.151. The minimum Gasteiger partial charge on any atom is -0.289 e. The lowest BCUT2D eigenvalue weighted by Crippen LogP contribution is -2.20. The van der Waals surface area contributed by atoms with Gasteiger partial charge in [0.15, 0.2) is 5.78 Å². The van der Waals surface area contributed by atoms with E-state index in [1.54, 1.807) is 36.4 Å². The second kappa shape index (κ2) is 6.12. The zero-order chi connectivity index (χ0) is 15.5. The smallest absolute Gasteiger partial charge is 0.289 e. The third-order valence-corrected chi connectivity index (χ3v) is 3.39. The van der Waals surface area contributed by atoms with E-state index in [1.807, 2.05) is 0 Å². The molecule has 1 nitrogen and oxygen atoms in total. The molecule has 4 heteroatoms. The number of halogens is 3. The molecular formula is C17H15F3O. The maximum atomic E-state index is 13.0. The molecule has 0 aliphatic carbocycles. The number of hydrogen-bond acceptors (Lipinski definition) is 1. The molecule has 0 aliphatic heterocycles. The zero-order valence-electron chi connectivity index (χ0n) is 11.5. The van der Waals surface area contributed by atoms with Crippen molar-refractivity contribution >= 4 is 5.78 Å². The molecule has 2 aromatic carbocycles. The van der Waals surface area contributed by atoms with Crippen LogP contribution in [0, 0.1) is 0 Å². The van der Waals surface area contributed by atoms with Gasteiger partial charge in [-0.15, -0.1) is 0 Å². The van der Waals surface area contributed by atoms with Crippen molar-refractivity contribution in [2.75, 3.05) is 0 Å². The molecular weight excluding hydrogens is 277 g/mol. The van der Waals surface area contributed by atoms with Crippen molar-refractivity contribution in [3.05, 3.63) is 71.3 Å². The Labute approximate surface area is 121 Å². The van der Waals surface area contributed by atoms with Crippen molar-refractivity contribution in [2.45, 2.75) is 25.4 Å².